The monoisotopic (exact) mass is 381 g/mol. The first-order valence-electron chi connectivity index (χ1n) is 7.56. The summed E-state index contributed by atoms with van der Waals surface area (Å²) in [7, 11) is -3.73. The lowest BCUT2D eigenvalue weighted by molar-refractivity contribution is -0.117. The number of carbonyl (C=O) groups excluding carboxylic acids is 1. The molecule has 0 spiro atoms. The van der Waals surface area contributed by atoms with Crippen molar-refractivity contribution in [2.45, 2.75) is 37.6 Å². The highest BCUT2D eigenvalue weighted by atomic mass is 35.5. The van der Waals surface area contributed by atoms with E-state index in [9.17, 15) is 13.2 Å². The summed E-state index contributed by atoms with van der Waals surface area (Å²) < 4.78 is 28.1. The second-order valence-corrected chi connectivity index (χ2v) is 8.71. The van der Waals surface area contributed by atoms with Crippen molar-refractivity contribution in [3.63, 3.8) is 0 Å². The van der Waals surface area contributed by atoms with Gasteiger partial charge in [-0.05, 0) is 32.9 Å². The number of benzene rings is 1. The van der Waals surface area contributed by atoms with Crippen LogP contribution in [0.25, 0.3) is 11.1 Å². The third kappa shape index (κ3) is 5.01. The Balaban J connectivity index is 2.52. The number of hydrogen-bond donors (Lipinski definition) is 2. The smallest absolute Gasteiger partial charge is 0.241 e. The lowest BCUT2D eigenvalue weighted by Gasteiger charge is -2.21. The summed E-state index contributed by atoms with van der Waals surface area (Å²) in [6, 6.07) is 8.17. The molecule has 0 bridgehead atoms. The summed E-state index contributed by atoms with van der Waals surface area (Å²) in [5.41, 5.74) is 5.90. The van der Waals surface area contributed by atoms with Gasteiger partial charge >= 0.3 is 0 Å². The Labute approximate surface area is 152 Å². The third-order valence-electron chi connectivity index (χ3n) is 3.19. The van der Waals surface area contributed by atoms with Crippen molar-refractivity contribution in [3.05, 3.63) is 47.2 Å². The Kier molecular flexibility index (Phi) is 5.51. The number of nitrogens with two attached hydrogens (primary N) is 1. The number of primary amides is 1. The SMILES string of the molecule is CC(C)(C)NS(=O)(=O)c1ccccc1-c1cnc(CC(N)=O)c(Cl)c1. The molecule has 1 aromatic carbocycles. The molecule has 0 aliphatic carbocycles. The van der Waals surface area contributed by atoms with Crippen molar-refractivity contribution in [2.24, 2.45) is 5.73 Å². The molecule has 8 heteroatoms. The van der Waals surface area contributed by atoms with E-state index < -0.39 is 21.5 Å². The second kappa shape index (κ2) is 7.11. The minimum absolute atomic E-state index is 0.0787. The van der Waals surface area contributed by atoms with Crippen LogP contribution in [0.1, 0.15) is 26.5 Å². The first kappa shape index (κ1) is 19.4. The van der Waals surface area contributed by atoms with Gasteiger partial charge in [0.2, 0.25) is 15.9 Å². The maximum absolute atomic E-state index is 12.7. The van der Waals surface area contributed by atoms with Gasteiger partial charge in [0.05, 0.1) is 22.0 Å². The normalized spacial score (nSPS) is 12.2. The standard InChI is InChI=1S/C17H20ClN3O3S/c1-17(2,3)21-25(23,24)15-7-5-4-6-12(15)11-8-13(18)14(20-10-11)9-16(19)22/h4-8,10,21H,9H2,1-3H3,(H2,19,22). The maximum atomic E-state index is 12.7. The molecular formula is C17H20ClN3O3S. The number of nitrogens with one attached hydrogen (secondary N) is 1. The van der Waals surface area contributed by atoms with Crippen molar-refractivity contribution in [1.82, 2.24) is 9.71 Å². The molecule has 0 saturated carbocycles. The zero-order valence-corrected chi connectivity index (χ0v) is 15.8. The summed E-state index contributed by atoms with van der Waals surface area (Å²) in [6.45, 7) is 5.30. The van der Waals surface area contributed by atoms with Crippen molar-refractivity contribution >= 4 is 27.5 Å². The molecule has 1 amide bonds. The van der Waals surface area contributed by atoms with E-state index in [1.165, 1.54) is 12.3 Å². The first-order valence-corrected chi connectivity index (χ1v) is 9.42. The zero-order chi connectivity index (χ0) is 18.8. The second-order valence-electron chi connectivity index (χ2n) is 6.65. The summed E-state index contributed by atoms with van der Waals surface area (Å²) >= 11 is 6.16. The van der Waals surface area contributed by atoms with Crippen LogP contribution in [0.2, 0.25) is 5.02 Å². The van der Waals surface area contributed by atoms with Gasteiger partial charge in [-0.2, -0.15) is 0 Å². The molecule has 3 N–H and O–H groups in total. The fourth-order valence-electron chi connectivity index (χ4n) is 2.31. The fourth-order valence-corrected chi connectivity index (χ4v) is 4.19. The summed E-state index contributed by atoms with van der Waals surface area (Å²) in [6.07, 6.45) is 1.40. The average molecular weight is 382 g/mol. The predicted molar refractivity (Wildman–Crippen MR) is 97.7 cm³/mol. The molecule has 2 aromatic rings. The maximum Gasteiger partial charge on any atom is 0.241 e. The number of sulfonamides is 1. The predicted octanol–water partition coefficient (Wildman–Crippen LogP) is 2.51. The van der Waals surface area contributed by atoms with Crippen molar-refractivity contribution < 1.29 is 13.2 Å². The van der Waals surface area contributed by atoms with E-state index in [4.69, 9.17) is 17.3 Å². The lowest BCUT2D eigenvalue weighted by atomic mass is 10.1. The zero-order valence-electron chi connectivity index (χ0n) is 14.2. The molecule has 6 nitrogen and oxygen atoms in total. The minimum Gasteiger partial charge on any atom is -0.369 e. The molecule has 134 valence electrons. The fraction of sp³-hybridized carbons (Fsp3) is 0.294. The molecule has 2 rings (SSSR count). The van der Waals surface area contributed by atoms with E-state index in [-0.39, 0.29) is 16.3 Å². The summed E-state index contributed by atoms with van der Waals surface area (Å²) in [5.74, 6) is -0.542. The first-order chi connectivity index (χ1) is 11.5. The third-order valence-corrected chi connectivity index (χ3v) is 5.33. The van der Waals surface area contributed by atoms with E-state index in [1.807, 2.05) is 0 Å². The number of pyridine rings is 1. The van der Waals surface area contributed by atoms with E-state index >= 15 is 0 Å². The minimum atomic E-state index is -3.73. The van der Waals surface area contributed by atoms with E-state index in [1.54, 1.807) is 45.0 Å². The molecule has 0 unspecified atom stereocenters. The van der Waals surface area contributed by atoms with Crippen LogP contribution in [0.15, 0.2) is 41.4 Å². The number of hydrogen-bond acceptors (Lipinski definition) is 4. The van der Waals surface area contributed by atoms with Crippen LogP contribution in [-0.2, 0) is 21.2 Å². The Morgan fingerprint density at radius 3 is 2.48 bits per heavy atom. The largest absolute Gasteiger partial charge is 0.369 e. The van der Waals surface area contributed by atoms with Crippen LogP contribution in [0, 0.1) is 0 Å². The van der Waals surface area contributed by atoms with Crippen LogP contribution >= 0.6 is 11.6 Å². The van der Waals surface area contributed by atoms with Gasteiger partial charge in [0, 0.05) is 22.9 Å². The number of carbonyl (C=O) groups is 1. The van der Waals surface area contributed by atoms with Crippen LogP contribution in [0.4, 0.5) is 0 Å². The average Bonchev–Trinajstić information content (AvgIpc) is 2.46. The molecular weight excluding hydrogens is 362 g/mol. The van der Waals surface area contributed by atoms with Crippen molar-refractivity contribution in [1.29, 1.82) is 0 Å². The van der Waals surface area contributed by atoms with E-state index in [0.717, 1.165) is 0 Å². The number of amides is 1. The molecule has 1 aromatic heterocycles. The molecule has 0 radical (unpaired) electrons. The highest BCUT2D eigenvalue weighted by Gasteiger charge is 2.25. The van der Waals surface area contributed by atoms with Crippen molar-refractivity contribution in [2.75, 3.05) is 0 Å². The molecule has 0 aliphatic rings. The van der Waals surface area contributed by atoms with Gasteiger partial charge in [-0.25, -0.2) is 13.1 Å². The number of halogens is 1. The van der Waals surface area contributed by atoms with Gasteiger partial charge in [-0.1, -0.05) is 29.8 Å². The number of aromatic nitrogens is 1. The van der Waals surface area contributed by atoms with Gasteiger partial charge < -0.3 is 5.73 Å². The van der Waals surface area contributed by atoms with Gasteiger partial charge in [0.25, 0.3) is 0 Å². The lowest BCUT2D eigenvalue weighted by Crippen LogP contribution is -2.40. The molecule has 1 heterocycles. The van der Waals surface area contributed by atoms with Crippen molar-refractivity contribution in [3.8, 4) is 11.1 Å². The van der Waals surface area contributed by atoms with Gasteiger partial charge in [-0.3, -0.25) is 9.78 Å². The quantitative estimate of drug-likeness (QED) is 0.830. The van der Waals surface area contributed by atoms with Gasteiger partial charge in [-0.15, -0.1) is 0 Å². The van der Waals surface area contributed by atoms with Gasteiger partial charge in [0.15, 0.2) is 0 Å². The molecule has 25 heavy (non-hydrogen) atoms. The number of rotatable bonds is 5. The van der Waals surface area contributed by atoms with E-state index in [0.29, 0.717) is 16.8 Å². The topological polar surface area (TPSA) is 102 Å². The Morgan fingerprint density at radius 2 is 1.92 bits per heavy atom. The highest BCUT2D eigenvalue weighted by Crippen LogP contribution is 2.30. The van der Waals surface area contributed by atoms with Crippen LogP contribution in [0.3, 0.4) is 0 Å². The Hall–Kier alpha value is -1.96. The Morgan fingerprint density at radius 1 is 1.28 bits per heavy atom. The summed E-state index contributed by atoms with van der Waals surface area (Å²) in [5, 5.41) is 0.257. The number of nitrogens with zero attached hydrogens (tertiary/aromatic N) is 1. The van der Waals surface area contributed by atoms with Crippen LogP contribution < -0.4 is 10.5 Å². The summed E-state index contributed by atoms with van der Waals surface area (Å²) in [4.78, 5) is 15.3. The highest BCUT2D eigenvalue weighted by molar-refractivity contribution is 7.89. The molecule has 0 saturated heterocycles. The van der Waals surface area contributed by atoms with E-state index in [2.05, 4.69) is 9.71 Å². The molecule has 0 fully saturated rings. The molecule has 0 aliphatic heterocycles. The van der Waals surface area contributed by atoms with Crippen LogP contribution in [0.5, 0.6) is 0 Å². The van der Waals surface area contributed by atoms with Crippen LogP contribution in [-0.4, -0.2) is 24.8 Å². The van der Waals surface area contributed by atoms with Gasteiger partial charge in [0.1, 0.15) is 0 Å². The Bertz CT molecular complexity index is 906. The molecule has 0 atom stereocenters.